The first-order chi connectivity index (χ1) is 26.0. The quantitative estimate of drug-likeness (QED) is 0.111. The topological polar surface area (TPSA) is 17.0 Å². The molecule has 0 fully saturated rings. The summed E-state index contributed by atoms with van der Waals surface area (Å²) < 4.78 is 2.40. The Morgan fingerprint density at radius 1 is 0.698 bits per heavy atom. The largest absolute Gasteiger partial charge is 0.316 e. The van der Waals surface area contributed by atoms with Gasteiger partial charge in [-0.2, -0.15) is 0 Å². The molecule has 0 spiro atoms. The maximum absolute atomic E-state index is 4.35. The summed E-state index contributed by atoms with van der Waals surface area (Å²) >= 11 is 0. The third-order valence-corrected chi connectivity index (χ3v) is 12.9. The van der Waals surface area contributed by atoms with Gasteiger partial charge >= 0.3 is 0 Å². The summed E-state index contributed by atoms with van der Waals surface area (Å²) in [5.74, 6) is 0. The van der Waals surface area contributed by atoms with Crippen LogP contribution in [0.4, 0.5) is 0 Å². The zero-order chi connectivity index (χ0) is 37.0. The summed E-state index contributed by atoms with van der Waals surface area (Å²) in [6.07, 6.45) is 20.7. The maximum Gasteiger partial charge on any atom is 0.0541 e. The molecule has 1 N–H and O–H groups in total. The van der Waals surface area contributed by atoms with Crippen molar-refractivity contribution in [3.63, 3.8) is 0 Å². The number of fused-ring (bicyclic) bond motifs is 3. The number of allylic oxidation sites excluding steroid dienone is 12. The van der Waals surface area contributed by atoms with Gasteiger partial charge in [0.15, 0.2) is 0 Å². The van der Waals surface area contributed by atoms with Crippen LogP contribution >= 0.6 is 10.0 Å². The molecular weight excluding hydrogens is 661 g/mol. The summed E-state index contributed by atoms with van der Waals surface area (Å²) in [5.41, 5.74) is 7.91. The first kappa shape index (κ1) is 36.9. The van der Waals surface area contributed by atoms with E-state index in [1.54, 1.807) is 0 Å². The lowest BCUT2D eigenvalue weighted by atomic mass is 9.98. The van der Waals surface area contributed by atoms with Crippen LogP contribution in [0.2, 0.25) is 0 Å². The van der Waals surface area contributed by atoms with Gasteiger partial charge in [0.2, 0.25) is 0 Å². The van der Waals surface area contributed by atoms with Crippen molar-refractivity contribution in [2.24, 2.45) is 0 Å². The van der Waals surface area contributed by atoms with Crippen molar-refractivity contribution in [2.75, 3.05) is 13.6 Å². The fraction of sp³-hybridized carbons (Fsp3) is 0.0800. The van der Waals surface area contributed by atoms with E-state index in [2.05, 4.69) is 193 Å². The SMILES string of the molecule is C=C/C=C\C=C/S(c1ccccc1)(c1ccccc1)c1ccc2c(c1)c1cc(C(/C=C(\C)C(=C)/C=C\C=C/C)=C/CNC)ccc1n2-c1ccccc1. The van der Waals surface area contributed by atoms with E-state index in [1.165, 1.54) is 36.5 Å². The first-order valence-electron chi connectivity index (χ1n) is 18.1. The van der Waals surface area contributed by atoms with Crippen LogP contribution < -0.4 is 5.32 Å². The highest BCUT2D eigenvalue weighted by Gasteiger charge is 2.29. The first-order valence-corrected chi connectivity index (χ1v) is 19.8. The van der Waals surface area contributed by atoms with Gasteiger partial charge in [-0.1, -0.05) is 135 Å². The van der Waals surface area contributed by atoms with Crippen molar-refractivity contribution in [3.05, 3.63) is 223 Å². The molecule has 264 valence electrons. The average Bonchev–Trinajstić information content (AvgIpc) is 3.53. The maximum atomic E-state index is 4.35. The Labute approximate surface area is 317 Å². The van der Waals surface area contributed by atoms with Gasteiger partial charge in [0.1, 0.15) is 0 Å². The van der Waals surface area contributed by atoms with E-state index < -0.39 is 10.0 Å². The van der Waals surface area contributed by atoms with Crippen molar-refractivity contribution in [3.8, 4) is 5.69 Å². The Morgan fingerprint density at radius 2 is 1.32 bits per heavy atom. The summed E-state index contributed by atoms with van der Waals surface area (Å²) in [4.78, 5) is 3.83. The van der Waals surface area contributed by atoms with Gasteiger partial charge in [0.25, 0.3) is 0 Å². The highest BCUT2D eigenvalue weighted by atomic mass is 32.3. The molecule has 0 aliphatic rings. The molecule has 0 radical (unpaired) electrons. The minimum atomic E-state index is -1.83. The van der Waals surface area contributed by atoms with Gasteiger partial charge in [0.05, 0.1) is 11.0 Å². The number of para-hydroxylation sites is 1. The van der Waals surface area contributed by atoms with Crippen LogP contribution in [0.15, 0.2) is 233 Å². The third-order valence-electron chi connectivity index (χ3n) is 9.33. The van der Waals surface area contributed by atoms with E-state index in [4.69, 9.17) is 0 Å². The van der Waals surface area contributed by atoms with Crippen molar-refractivity contribution in [1.29, 1.82) is 0 Å². The molecule has 0 atom stereocenters. The van der Waals surface area contributed by atoms with Crippen LogP contribution in [0.3, 0.4) is 0 Å². The number of benzene rings is 5. The van der Waals surface area contributed by atoms with Gasteiger partial charge in [-0.25, -0.2) is 0 Å². The molecule has 1 heterocycles. The van der Waals surface area contributed by atoms with E-state index in [0.717, 1.165) is 34.5 Å². The average molecular weight is 709 g/mol. The van der Waals surface area contributed by atoms with Crippen molar-refractivity contribution >= 4 is 37.4 Å². The molecule has 2 nitrogen and oxygen atoms in total. The van der Waals surface area contributed by atoms with Crippen LogP contribution in [0.5, 0.6) is 0 Å². The molecule has 53 heavy (non-hydrogen) atoms. The summed E-state index contributed by atoms with van der Waals surface area (Å²) in [6.45, 7) is 13.1. The number of rotatable bonds is 14. The van der Waals surface area contributed by atoms with E-state index >= 15 is 0 Å². The Morgan fingerprint density at radius 3 is 1.94 bits per heavy atom. The minimum absolute atomic E-state index is 0.751. The lowest BCUT2D eigenvalue weighted by Gasteiger charge is -2.38. The second kappa shape index (κ2) is 17.6. The van der Waals surface area contributed by atoms with Crippen molar-refractivity contribution in [1.82, 2.24) is 9.88 Å². The normalized spacial score (nSPS) is 13.3. The number of likely N-dealkylation sites (N-methyl/N-ethyl adjacent to an activating group) is 1. The molecule has 0 saturated heterocycles. The number of hydrogen-bond acceptors (Lipinski definition) is 1. The van der Waals surface area contributed by atoms with Crippen molar-refractivity contribution < 1.29 is 0 Å². The molecule has 0 saturated carbocycles. The van der Waals surface area contributed by atoms with E-state index in [0.29, 0.717) is 0 Å². The van der Waals surface area contributed by atoms with Crippen LogP contribution in [-0.4, -0.2) is 18.2 Å². The number of nitrogens with one attached hydrogen (secondary N) is 1. The Hall–Kier alpha value is -5.87. The van der Waals surface area contributed by atoms with E-state index in [9.17, 15) is 0 Å². The van der Waals surface area contributed by atoms with Crippen LogP contribution in [0, 0.1) is 0 Å². The van der Waals surface area contributed by atoms with Crippen LogP contribution in [0.1, 0.15) is 19.4 Å². The molecule has 0 bridgehead atoms. The molecule has 6 rings (SSSR count). The molecule has 3 heteroatoms. The fourth-order valence-corrected chi connectivity index (χ4v) is 10.0. The number of nitrogens with zero attached hydrogens (tertiary/aromatic N) is 1. The van der Waals surface area contributed by atoms with Gasteiger partial charge in [-0.05, 0) is 115 Å². The Balaban J connectivity index is 1.65. The second-order valence-corrected chi connectivity index (χ2v) is 15.8. The van der Waals surface area contributed by atoms with Gasteiger partial charge in [0, 0.05) is 37.7 Å². The highest BCUT2D eigenvalue weighted by molar-refractivity contribution is 8.36. The number of hydrogen-bond donors (Lipinski definition) is 1. The lowest BCUT2D eigenvalue weighted by molar-refractivity contribution is 0.921. The van der Waals surface area contributed by atoms with Gasteiger partial charge in [-0.3, -0.25) is 0 Å². The summed E-state index contributed by atoms with van der Waals surface area (Å²) in [5, 5.41) is 8.15. The Kier molecular flexibility index (Phi) is 12.2. The van der Waals surface area contributed by atoms with Crippen LogP contribution in [-0.2, 0) is 0 Å². The van der Waals surface area contributed by atoms with Crippen molar-refractivity contribution in [2.45, 2.75) is 28.5 Å². The molecule has 0 amide bonds. The minimum Gasteiger partial charge on any atom is -0.316 e. The van der Waals surface area contributed by atoms with Gasteiger partial charge in [-0.15, -0.1) is 10.0 Å². The third kappa shape index (κ3) is 7.98. The molecule has 0 aliphatic heterocycles. The predicted octanol–water partition coefficient (Wildman–Crippen LogP) is 13.6. The predicted molar refractivity (Wildman–Crippen MR) is 233 cm³/mol. The highest BCUT2D eigenvalue weighted by Crippen LogP contribution is 2.69. The smallest absolute Gasteiger partial charge is 0.0541 e. The standard InChI is InChI=1S/C50H48N2S/c1-6-8-10-21-35-53(44-25-17-12-18-26-44,45-27-19-13-20-28-45)46-30-32-50-48(38-46)47-37-41(29-31-49(47)52(50)43-23-15-11-16-24-43)42(33-34-51-5)36-40(4)39(3)22-14-9-7-2/h6-33,35-38,51H,1,3,34H2,2,4-5H3/b9-7-,10-8-,22-14-,35-21-,40-36+,42-33+. The molecular formula is C50H48N2S. The lowest BCUT2D eigenvalue weighted by Crippen LogP contribution is -2.05. The molecule has 0 unspecified atom stereocenters. The molecule has 0 aliphatic carbocycles. The van der Waals surface area contributed by atoms with Crippen LogP contribution in [0.25, 0.3) is 33.1 Å². The Bertz CT molecular complexity index is 2340. The van der Waals surface area contributed by atoms with E-state index in [1.807, 2.05) is 44.4 Å². The zero-order valence-electron chi connectivity index (χ0n) is 31.0. The molecule has 6 aromatic rings. The monoisotopic (exact) mass is 708 g/mol. The number of aromatic nitrogens is 1. The summed E-state index contributed by atoms with van der Waals surface area (Å²) in [7, 11) is 0.156. The zero-order valence-corrected chi connectivity index (χ0v) is 31.8. The fourth-order valence-electron chi connectivity index (χ4n) is 6.67. The van der Waals surface area contributed by atoms with E-state index in [-0.39, 0.29) is 0 Å². The molecule has 1 aromatic heterocycles. The molecule has 5 aromatic carbocycles. The summed E-state index contributed by atoms with van der Waals surface area (Å²) in [6, 6.07) is 46.6. The van der Waals surface area contributed by atoms with Gasteiger partial charge < -0.3 is 9.88 Å². The second-order valence-electron chi connectivity index (χ2n) is 12.8.